The molecule has 0 heterocycles. The van der Waals surface area contributed by atoms with E-state index in [1.165, 1.54) is 0 Å². The molecule has 0 spiro atoms. The van der Waals surface area contributed by atoms with Crippen molar-refractivity contribution in [2.24, 2.45) is 10.7 Å². The van der Waals surface area contributed by atoms with Crippen molar-refractivity contribution >= 4 is 11.7 Å². The molecule has 0 bridgehead atoms. The molecule has 0 radical (unpaired) electrons. The smallest absolute Gasteiger partial charge is 0.278 e. The Balaban J connectivity index is 2.20. The SMILES string of the molecule is COc1ccc(C(=O)N=C(N)c2ccccc2)cc1. The van der Waals surface area contributed by atoms with Gasteiger partial charge in [-0.2, -0.15) is 4.99 Å². The molecule has 4 nitrogen and oxygen atoms in total. The molecule has 96 valence electrons. The van der Waals surface area contributed by atoms with Crippen molar-refractivity contribution in [2.45, 2.75) is 0 Å². The Morgan fingerprint density at radius 3 is 2.21 bits per heavy atom. The van der Waals surface area contributed by atoms with E-state index in [0.29, 0.717) is 11.3 Å². The van der Waals surface area contributed by atoms with Gasteiger partial charge in [-0.25, -0.2) is 0 Å². The van der Waals surface area contributed by atoms with Crippen molar-refractivity contribution in [1.29, 1.82) is 0 Å². The lowest BCUT2D eigenvalue weighted by atomic mass is 10.2. The van der Waals surface area contributed by atoms with E-state index in [-0.39, 0.29) is 11.7 Å². The van der Waals surface area contributed by atoms with Crippen LogP contribution in [0.5, 0.6) is 5.75 Å². The van der Waals surface area contributed by atoms with Crippen LogP contribution in [0.25, 0.3) is 0 Å². The number of nitrogens with zero attached hydrogens (tertiary/aromatic N) is 1. The first kappa shape index (κ1) is 12.8. The highest BCUT2D eigenvalue weighted by molar-refractivity contribution is 6.08. The maximum atomic E-state index is 11.9. The first-order valence-corrected chi connectivity index (χ1v) is 5.78. The van der Waals surface area contributed by atoms with Gasteiger partial charge >= 0.3 is 0 Å². The summed E-state index contributed by atoms with van der Waals surface area (Å²) in [6, 6.07) is 15.9. The second kappa shape index (κ2) is 5.82. The van der Waals surface area contributed by atoms with Crippen LogP contribution < -0.4 is 10.5 Å². The van der Waals surface area contributed by atoms with E-state index >= 15 is 0 Å². The number of hydrogen-bond acceptors (Lipinski definition) is 2. The predicted octanol–water partition coefficient (Wildman–Crippen LogP) is 2.24. The zero-order chi connectivity index (χ0) is 13.7. The quantitative estimate of drug-likeness (QED) is 0.674. The van der Waals surface area contributed by atoms with Crippen LogP contribution in [0.4, 0.5) is 0 Å². The number of amides is 1. The molecule has 0 aromatic heterocycles. The van der Waals surface area contributed by atoms with Gasteiger partial charge in [-0.1, -0.05) is 30.3 Å². The third-order valence-corrected chi connectivity index (χ3v) is 2.63. The van der Waals surface area contributed by atoms with E-state index in [2.05, 4.69) is 4.99 Å². The summed E-state index contributed by atoms with van der Waals surface area (Å²) < 4.78 is 5.03. The highest BCUT2D eigenvalue weighted by atomic mass is 16.5. The van der Waals surface area contributed by atoms with Crippen LogP contribution in [-0.2, 0) is 0 Å². The van der Waals surface area contributed by atoms with Crippen LogP contribution >= 0.6 is 0 Å². The summed E-state index contributed by atoms with van der Waals surface area (Å²) >= 11 is 0. The minimum atomic E-state index is -0.371. The summed E-state index contributed by atoms with van der Waals surface area (Å²) in [7, 11) is 1.57. The molecule has 2 rings (SSSR count). The fourth-order valence-corrected chi connectivity index (χ4v) is 1.58. The topological polar surface area (TPSA) is 64.7 Å². The molecular formula is C15H14N2O2. The molecule has 0 aliphatic heterocycles. The van der Waals surface area contributed by atoms with E-state index < -0.39 is 0 Å². The normalized spacial score (nSPS) is 11.1. The van der Waals surface area contributed by atoms with E-state index in [4.69, 9.17) is 10.5 Å². The van der Waals surface area contributed by atoms with Gasteiger partial charge < -0.3 is 10.5 Å². The molecule has 0 atom stereocenters. The van der Waals surface area contributed by atoms with Crippen LogP contribution in [0, 0.1) is 0 Å². The van der Waals surface area contributed by atoms with Gasteiger partial charge in [0.15, 0.2) is 0 Å². The lowest BCUT2D eigenvalue weighted by Gasteiger charge is -2.02. The third kappa shape index (κ3) is 3.19. The average Bonchev–Trinajstić information content (AvgIpc) is 2.48. The number of ether oxygens (including phenoxy) is 1. The molecule has 0 aliphatic carbocycles. The van der Waals surface area contributed by atoms with Crippen molar-refractivity contribution in [3.8, 4) is 5.75 Å². The molecule has 0 saturated heterocycles. The monoisotopic (exact) mass is 254 g/mol. The summed E-state index contributed by atoms with van der Waals surface area (Å²) in [5, 5.41) is 0. The molecule has 2 aromatic rings. The number of nitrogens with two attached hydrogens (primary N) is 1. The highest BCUT2D eigenvalue weighted by Gasteiger charge is 2.06. The number of methoxy groups -OCH3 is 1. The second-order valence-corrected chi connectivity index (χ2v) is 3.90. The first-order chi connectivity index (χ1) is 9.20. The number of carbonyl (C=O) groups is 1. The summed E-state index contributed by atoms with van der Waals surface area (Å²) in [5.41, 5.74) is 6.99. The Hall–Kier alpha value is -2.62. The fraction of sp³-hybridized carbons (Fsp3) is 0.0667. The zero-order valence-electron chi connectivity index (χ0n) is 10.5. The maximum absolute atomic E-state index is 11.9. The number of aliphatic imine (C=N–C) groups is 1. The van der Waals surface area contributed by atoms with Crippen LogP contribution in [0.2, 0.25) is 0 Å². The molecule has 2 aromatic carbocycles. The van der Waals surface area contributed by atoms with E-state index in [0.717, 1.165) is 5.56 Å². The first-order valence-electron chi connectivity index (χ1n) is 5.78. The van der Waals surface area contributed by atoms with Gasteiger partial charge in [0.2, 0.25) is 0 Å². The molecule has 0 saturated carbocycles. The van der Waals surface area contributed by atoms with Crippen molar-refractivity contribution < 1.29 is 9.53 Å². The molecule has 2 N–H and O–H groups in total. The Labute approximate surface area is 111 Å². The van der Waals surface area contributed by atoms with E-state index in [1.54, 1.807) is 43.5 Å². The molecular weight excluding hydrogens is 240 g/mol. The molecule has 0 fully saturated rings. The van der Waals surface area contributed by atoms with Crippen molar-refractivity contribution in [3.63, 3.8) is 0 Å². The Morgan fingerprint density at radius 1 is 1.00 bits per heavy atom. The molecule has 19 heavy (non-hydrogen) atoms. The number of amidine groups is 1. The summed E-state index contributed by atoms with van der Waals surface area (Å²) in [6.07, 6.45) is 0. The minimum Gasteiger partial charge on any atom is -0.497 e. The Morgan fingerprint density at radius 2 is 1.63 bits per heavy atom. The average molecular weight is 254 g/mol. The van der Waals surface area contributed by atoms with Gasteiger partial charge in [-0.05, 0) is 24.3 Å². The van der Waals surface area contributed by atoms with Crippen LogP contribution in [0.1, 0.15) is 15.9 Å². The van der Waals surface area contributed by atoms with Gasteiger partial charge in [0.05, 0.1) is 7.11 Å². The largest absolute Gasteiger partial charge is 0.497 e. The molecule has 1 amide bonds. The minimum absolute atomic E-state index is 0.210. The Kier molecular flexibility index (Phi) is 3.93. The number of benzene rings is 2. The summed E-state index contributed by atoms with van der Waals surface area (Å²) in [5.74, 6) is 0.530. The fourth-order valence-electron chi connectivity index (χ4n) is 1.58. The Bertz CT molecular complexity index is 589. The third-order valence-electron chi connectivity index (χ3n) is 2.63. The summed E-state index contributed by atoms with van der Waals surface area (Å²) in [4.78, 5) is 15.8. The predicted molar refractivity (Wildman–Crippen MR) is 74.5 cm³/mol. The van der Waals surface area contributed by atoms with Gasteiger partial charge in [-0.15, -0.1) is 0 Å². The maximum Gasteiger partial charge on any atom is 0.278 e. The number of carbonyl (C=O) groups excluding carboxylic acids is 1. The molecule has 4 heteroatoms. The van der Waals surface area contributed by atoms with Crippen LogP contribution in [0.3, 0.4) is 0 Å². The van der Waals surface area contributed by atoms with Gasteiger partial charge in [-0.3, -0.25) is 4.79 Å². The van der Waals surface area contributed by atoms with Crippen molar-refractivity contribution in [3.05, 3.63) is 65.7 Å². The van der Waals surface area contributed by atoms with Crippen LogP contribution in [-0.4, -0.2) is 18.9 Å². The lowest BCUT2D eigenvalue weighted by molar-refractivity contribution is 0.100. The van der Waals surface area contributed by atoms with Gasteiger partial charge in [0.25, 0.3) is 5.91 Å². The van der Waals surface area contributed by atoms with Crippen molar-refractivity contribution in [2.75, 3.05) is 7.11 Å². The van der Waals surface area contributed by atoms with Gasteiger partial charge in [0, 0.05) is 11.1 Å². The van der Waals surface area contributed by atoms with Gasteiger partial charge in [0.1, 0.15) is 11.6 Å². The highest BCUT2D eigenvalue weighted by Crippen LogP contribution is 2.12. The standard InChI is InChI=1S/C15H14N2O2/c1-19-13-9-7-12(8-10-13)15(18)17-14(16)11-5-3-2-4-6-11/h2-10H,1H3,(H2,16,17,18). The number of rotatable bonds is 3. The van der Waals surface area contributed by atoms with E-state index in [9.17, 15) is 4.79 Å². The molecule has 0 aliphatic rings. The number of hydrogen-bond donors (Lipinski definition) is 1. The van der Waals surface area contributed by atoms with Crippen molar-refractivity contribution in [1.82, 2.24) is 0 Å². The molecule has 0 unspecified atom stereocenters. The summed E-state index contributed by atoms with van der Waals surface area (Å²) in [6.45, 7) is 0. The zero-order valence-corrected chi connectivity index (χ0v) is 10.5. The van der Waals surface area contributed by atoms with E-state index in [1.807, 2.05) is 18.2 Å². The lowest BCUT2D eigenvalue weighted by Crippen LogP contribution is -2.15. The second-order valence-electron chi connectivity index (χ2n) is 3.90. The van der Waals surface area contributed by atoms with Crippen LogP contribution in [0.15, 0.2) is 59.6 Å².